The van der Waals surface area contributed by atoms with Crippen molar-refractivity contribution in [1.82, 2.24) is 5.32 Å². The van der Waals surface area contributed by atoms with Gasteiger partial charge in [-0.25, -0.2) is 0 Å². The third kappa shape index (κ3) is 4.97. The van der Waals surface area contributed by atoms with Crippen LogP contribution in [0.5, 0.6) is 0 Å². The topological polar surface area (TPSA) is 75.3 Å². The van der Waals surface area contributed by atoms with Gasteiger partial charge in [-0.15, -0.1) is 0 Å². The highest BCUT2D eigenvalue weighted by atomic mass is 16.3. The fourth-order valence-corrected chi connectivity index (χ4v) is 1.49. The maximum atomic E-state index is 11.7. The van der Waals surface area contributed by atoms with Gasteiger partial charge in [0.15, 0.2) is 0 Å². The average Bonchev–Trinajstić information content (AvgIpc) is 2.30. The van der Waals surface area contributed by atoms with Crippen molar-refractivity contribution in [3.63, 3.8) is 0 Å². The average molecular weight is 236 g/mol. The molecule has 0 saturated heterocycles. The van der Waals surface area contributed by atoms with Crippen LogP contribution in [0.4, 0.5) is 0 Å². The lowest BCUT2D eigenvalue weighted by Crippen LogP contribution is -2.26. The molecule has 1 rings (SSSR count). The quantitative estimate of drug-likeness (QED) is 0.680. The van der Waals surface area contributed by atoms with Gasteiger partial charge in [0.05, 0.1) is 6.10 Å². The van der Waals surface area contributed by atoms with Crippen LogP contribution in [0.2, 0.25) is 0 Å². The number of hydrogen-bond acceptors (Lipinski definition) is 3. The van der Waals surface area contributed by atoms with Crippen LogP contribution >= 0.6 is 0 Å². The first-order valence-electron chi connectivity index (χ1n) is 5.88. The molecule has 1 unspecified atom stereocenters. The second-order valence-electron chi connectivity index (χ2n) is 4.13. The van der Waals surface area contributed by atoms with Crippen LogP contribution in [0.25, 0.3) is 0 Å². The largest absolute Gasteiger partial charge is 0.393 e. The molecule has 0 radical (unpaired) electrons. The van der Waals surface area contributed by atoms with E-state index in [2.05, 4.69) is 5.32 Å². The zero-order valence-corrected chi connectivity index (χ0v) is 10.1. The first-order chi connectivity index (χ1) is 8.13. The summed E-state index contributed by atoms with van der Waals surface area (Å²) in [5.74, 6) is -0.107. The highest BCUT2D eigenvalue weighted by Crippen LogP contribution is 2.04. The van der Waals surface area contributed by atoms with Crippen LogP contribution < -0.4 is 11.1 Å². The number of amides is 1. The normalized spacial score (nSPS) is 12.2. The zero-order chi connectivity index (χ0) is 12.7. The molecule has 94 valence electrons. The Kier molecular flexibility index (Phi) is 5.66. The van der Waals surface area contributed by atoms with Crippen molar-refractivity contribution in [3.8, 4) is 0 Å². The van der Waals surface area contributed by atoms with Gasteiger partial charge in [-0.05, 0) is 44.0 Å². The van der Waals surface area contributed by atoms with Crippen molar-refractivity contribution < 1.29 is 9.90 Å². The summed E-state index contributed by atoms with van der Waals surface area (Å²) in [6.07, 6.45) is 1.00. The predicted octanol–water partition coefficient (Wildman–Crippen LogP) is 0.689. The summed E-state index contributed by atoms with van der Waals surface area (Å²) in [4.78, 5) is 11.7. The molecule has 0 fully saturated rings. The van der Waals surface area contributed by atoms with E-state index in [0.29, 0.717) is 25.1 Å². The Morgan fingerprint density at radius 3 is 2.59 bits per heavy atom. The van der Waals surface area contributed by atoms with Crippen LogP contribution in [0.3, 0.4) is 0 Å². The molecular weight excluding hydrogens is 216 g/mol. The monoisotopic (exact) mass is 236 g/mol. The number of carbonyl (C=O) groups is 1. The summed E-state index contributed by atoms with van der Waals surface area (Å²) in [6.45, 7) is 2.80. The van der Waals surface area contributed by atoms with E-state index in [1.165, 1.54) is 0 Å². The van der Waals surface area contributed by atoms with Crippen molar-refractivity contribution in [2.24, 2.45) is 5.73 Å². The van der Waals surface area contributed by atoms with Crippen LogP contribution in [-0.2, 0) is 6.42 Å². The maximum Gasteiger partial charge on any atom is 0.251 e. The Balaban J connectivity index is 2.46. The molecule has 17 heavy (non-hydrogen) atoms. The number of carbonyl (C=O) groups excluding carboxylic acids is 1. The molecule has 0 heterocycles. The summed E-state index contributed by atoms with van der Waals surface area (Å²) in [5.41, 5.74) is 7.22. The van der Waals surface area contributed by atoms with Crippen molar-refractivity contribution >= 4 is 5.91 Å². The van der Waals surface area contributed by atoms with Gasteiger partial charge in [0, 0.05) is 12.1 Å². The summed E-state index contributed by atoms with van der Waals surface area (Å²) >= 11 is 0. The Hall–Kier alpha value is -1.39. The van der Waals surface area contributed by atoms with Crippen LogP contribution in [0.1, 0.15) is 29.3 Å². The molecule has 4 heteroatoms. The minimum absolute atomic E-state index is 0.107. The number of nitrogens with two attached hydrogens (primary N) is 1. The van der Waals surface area contributed by atoms with E-state index in [0.717, 1.165) is 12.0 Å². The molecule has 1 amide bonds. The third-order valence-electron chi connectivity index (χ3n) is 2.50. The van der Waals surface area contributed by atoms with E-state index in [-0.39, 0.29) is 12.0 Å². The SMILES string of the molecule is CC(O)CCNC(=O)c1ccc(CCN)cc1. The second-order valence-corrected chi connectivity index (χ2v) is 4.13. The number of aliphatic hydroxyl groups is 1. The van der Waals surface area contributed by atoms with Crippen molar-refractivity contribution in [2.75, 3.05) is 13.1 Å². The molecule has 0 aromatic heterocycles. The third-order valence-corrected chi connectivity index (χ3v) is 2.50. The van der Waals surface area contributed by atoms with Crippen molar-refractivity contribution in [3.05, 3.63) is 35.4 Å². The zero-order valence-electron chi connectivity index (χ0n) is 10.1. The number of benzene rings is 1. The number of hydrogen-bond donors (Lipinski definition) is 3. The van der Waals surface area contributed by atoms with Gasteiger partial charge < -0.3 is 16.2 Å². The van der Waals surface area contributed by atoms with Crippen molar-refractivity contribution in [1.29, 1.82) is 0 Å². The van der Waals surface area contributed by atoms with Gasteiger partial charge in [-0.1, -0.05) is 12.1 Å². The fourth-order valence-electron chi connectivity index (χ4n) is 1.49. The molecule has 0 aliphatic heterocycles. The van der Waals surface area contributed by atoms with E-state index in [4.69, 9.17) is 10.8 Å². The lowest BCUT2D eigenvalue weighted by Gasteiger charge is -2.07. The molecule has 0 aliphatic carbocycles. The Bertz CT molecular complexity index is 347. The number of nitrogens with one attached hydrogen (secondary N) is 1. The number of aliphatic hydroxyl groups excluding tert-OH is 1. The standard InChI is InChI=1S/C13H20N2O2/c1-10(16)7-9-15-13(17)12-4-2-11(3-5-12)6-8-14/h2-5,10,16H,6-9,14H2,1H3,(H,15,17). The van der Waals surface area contributed by atoms with Gasteiger partial charge in [0.25, 0.3) is 5.91 Å². The van der Waals surface area contributed by atoms with Gasteiger partial charge in [0.1, 0.15) is 0 Å². The van der Waals surface area contributed by atoms with E-state index < -0.39 is 0 Å². The minimum Gasteiger partial charge on any atom is -0.393 e. The molecule has 1 atom stereocenters. The van der Waals surface area contributed by atoms with Gasteiger partial charge in [0.2, 0.25) is 0 Å². The first-order valence-corrected chi connectivity index (χ1v) is 5.88. The number of rotatable bonds is 6. The lowest BCUT2D eigenvalue weighted by atomic mass is 10.1. The van der Waals surface area contributed by atoms with Gasteiger partial charge >= 0.3 is 0 Å². The van der Waals surface area contributed by atoms with E-state index >= 15 is 0 Å². The van der Waals surface area contributed by atoms with Gasteiger partial charge in [-0.2, -0.15) is 0 Å². The lowest BCUT2D eigenvalue weighted by molar-refractivity contribution is 0.0945. The summed E-state index contributed by atoms with van der Waals surface area (Å²) in [5, 5.41) is 11.8. The smallest absolute Gasteiger partial charge is 0.251 e. The minimum atomic E-state index is -0.387. The first kappa shape index (κ1) is 13.7. The van der Waals surface area contributed by atoms with E-state index in [9.17, 15) is 4.79 Å². The van der Waals surface area contributed by atoms with Crippen LogP contribution in [0, 0.1) is 0 Å². The maximum absolute atomic E-state index is 11.7. The molecule has 0 aliphatic rings. The highest BCUT2D eigenvalue weighted by molar-refractivity contribution is 5.94. The molecule has 0 saturated carbocycles. The highest BCUT2D eigenvalue weighted by Gasteiger charge is 2.05. The molecule has 4 nitrogen and oxygen atoms in total. The fraction of sp³-hybridized carbons (Fsp3) is 0.462. The molecule has 1 aromatic carbocycles. The second kappa shape index (κ2) is 7.04. The Labute approximate surface area is 102 Å². The van der Waals surface area contributed by atoms with Crippen LogP contribution in [0.15, 0.2) is 24.3 Å². The molecule has 0 bridgehead atoms. The molecule has 0 spiro atoms. The molecule has 4 N–H and O–H groups in total. The van der Waals surface area contributed by atoms with Crippen molar-refractivity contribution in [2.45, 2.75) is 25.9 Å². The van der Waals surface area contributed by atoms with Gasteiger partial charge in [-0.3, -0.25) is 4.79 Å². The van der Waals surface area contributed by atoms with E-state index in [1.54, 1.807) is 19.1 Å². The summed E-state index contributed by atoms with van der Waals surface area (Å²) in [6, 6.07) is 7.41. The summed E-state index contributed by atoms with van der Waals surface area (Å²) < 4.78 is 0. The predicted molar refractivity (Wildman–Crippen MR) is 67.8 cm³/mol. The molecular formula is C13H20N2O2. The Morgan fingerprint density at radius 1 is 1.41 bits per heavy atom. The summed E-state index contributed by atoms with van der Waals surface area (Å²) in [7, 11) is 0. The molecule has 1 aromatic rings. The van der Waals surface area contributed by atoms with E-state index in [1.807, 2.05) is 12.1 Å². The Morgan fingerprint density at radius 2 is 2.06 bits per heavy atom. The van der Waals surface area contributed by atoms with Crippen LogP contribution in [-0.4, -0.2) is 30.2 Å².